The van der Waals surface area contributed by atoms with Gasteiger partial charge in [0.15, 0.2) is 11.5 Å². The van der Waals surface area contributed by atoms with Crippen LogP contribution in [0.4, 0.5) is 0 Å². The van der Waals surface area contributed by atoms with E-state index in [9.17, 15) is 4.79 Å². The molecule has 0 atom stereocenters. The molecule has 23 heavy (non-hydrogen) atoms. The normalized spacial score (nSPS) is 13.7. The molecule has 2 rings (SSSR count). The van der Waals surface area contributed by atoms with Gasteiger partial charge in [-0.1, -0.05) is 19.9 Å². The number of hydrogen-bond donors (Lipinski definition) is 2. The lowest BCUT2D eigenvalue weighted by atomic mass is 9.84. The Morgan fingerprint density at radius 2 is 2.00 bits per heavy atom. The maximum Gasteiger partial charge on any atom is 0.233 e. The highest BCUT2D eigenvalue weighted by Gasteiger charge is 2.24. The van der Waals surface area contributed by atoms with Crippen LogP contribution in [0.5, 0.6) is 11.5 Å². The van der Waals surface area contributed by atoms with Crippen molar-refractivity contribution >= 4 is 5.91 Å². The molecule has 0 spiro atoms. The number of carbonyl (C=O) groups excluding carboxylic acids is 1. The second kappa shape index (κ2) is 8.17. The summed E-state index contributed by atoms with van der Waals surface area (Å²) in [6.07, 6.45) is 0. The van der Waals surface area contributed by atoms with E-state index in [0.29, 0.717) is 39.5 Å². The second-order valence-electron chi connectivity index (χ2n) is 6.19. The molecule has 1 aromatic carbocycles. The minimum absolute atomic E-state index is 0.0216. The third kappa shape index (κ3) is 5.11. The highest BCUT2D eigenvalue weighted by molar-refractivity contribution is 5.78. The van der Waals surface area contributed by atoms with Crippen LogP contribution in [0.15, 0.2) is 18.2 Å². The van der Waals surface area contributed by atoms with Gasteiger partial charge in [0.1, 0.15) is 13.2 Å². The third-order valence-electron chi connectivity index (χ3n) is 3.82. The van der Waals surface area contributed by atoms with Crippen LogP contribution in [0.2, 0.25) is 0 Å². The van der Waals surface area contributed by atoms with E-state index >= 15 is 0 Å². The van der Waals surface area contributed by atoms with E-state index in [2.05, 4.69) is 24.5 Å². The van der Waals surface area contributed by atoms with Gasteiger partial charge < -0.3 is 24.8 Å². The third-order valence-corrected chi connectivity index (χ3v) is 3.82. The average molecular weight is 322 g/mol. The highest BCUT2D eigenvalue weighted by atomic mass is 16.6. The molecule has 6 nitrogen and oxygen atoms in total. The van der Waals surface area contributed by atoms with Crippen molar-refractivity contribution in [2.45, 2.75) is 19.3 Å². The zero-order valence-electron chi connectivity index (χ0n) is 14.1. The number of nitrogens with one attached hydrogen (secondary N) is 2. The van der Waals surface area contributed by atoms with Crippen LogP contribution in [-0.4, -0.2) is 52.5 Å². The molecule has 0 saturated heterocycles. The smallest absolute Gasteiger partial charge is 0.233 e. The first-order valence-electron chi connectivity index (χ1n) is 7.89. The van der Waals surface area contributed by atoms with Gasteiger partial charge >= 0.3 is 0 Å². The van der Waals surface area contributed by atoms with E-state index in [-0.39, 0.29) is 11.3 Å². The Balaban J connectivity index is 1.87. The summed E-state index contributed by atoms with van der Waals surface area (Å²) in [7, 11) is 1.64. The summed E-state index contributed by atoms with van der Waals surface area (Å²) < 4.78 is 16.1. The molecule has 1 aliphatic heterocycles. The zero-order chi connectivity index (χ0) is 16.7. The van der Waals surface area contributed by atoms with Crippen LogP contribution in [0.3, 0.4) is 0 Å². The van der Waals surface area contributed by atoms with Gasteiger partial charge in [0.2, 0.25) is 5.91 Å². The van der Waals surface area contributed by atoms with Crippen LogP contribution >= 0.6 is 0 Å². The summed E-state index contributed by atoms with van der Waals surface area (Å²) in [5.74, 6) is 1.53. The molecule has 1 heterocycles. The van der Waals surface area contributed by atoms with Gasteiger partial charge in [-0.05, 0) is 17.7 Å². The number of hydrogen-bond acceptors (Lipinski definition) is 5. The highest BCUT2D eigenvalue weighted by Crippen LogP contribution is 2.34. The van der Waals surface area contributed by atoms with Crippen molar-refractivity contribution in [1.82, 2.24) is 10.6 Å². The molecule has 0 fully saturated rings. The van der Waals surface area contributed by atoms with Crippen LogP contribution < -0.4 is 20.1 Å². The zero-order valence-corrected chi connectivity index (χ0v) is 14.1. The molecule has 0 bridgehead atoms. The number of benzene rings is 1. The van der Waals surface area contributed by atoms with Crippen LogP contribution in [0.1, 0.15) is 19.4 Å². The van der Waals surface area contributed by atoms with E-state index in [0.717, 1.165) is 17.1 Å². The minimum atomic E-state index is -0.196. The van der Waals surface area contributed by atoms with E-state index in [1.807, 2.05) is 18.2 Å². The molecule has 0 aromatic heterocycles. The minimum Gasteiger partial charge on any atom is -0.486 e. The first-order chi connectivity index (χ1) is 11.0. The van der Waals surface area contributed by atoms with E-state index in [1.54, 1.807) is 7.11 Å². The molecular weight excluding hydrogens is 296 g/mol. The van der Waals surface area contributed by atoms with E-state index in [4.69, 9.17) is 14.2 Å². The first-order valence-corrected chi connectivity index (χ1v) is 7.89. The molecule has 2 N–H and O–H groups in total. The Kier molecular flexibility index (Phi) is 6.24. The fourth-order valence-corrected chi connectivity index (χ4v) is 2.32. The molecule has 1 amide bonds. The summed E-state index contributed by atoms with van der Waals surface area (Å²) in [5.41, 5.74) is 0.910. The quantitative estimate of drug-likeness (QED) is 0.701. The summed E-state index contributed by atoms with van der Waals surface area (Å²) in [4.78, 5) is 11.9. The van der Waals surface area contributed by atoms with Gasteiger partial charge in [-0.15, -0.1) is 0 Å². The van der Waals surface area contributed by atoms with Gasteiger partial charge in [0.25, 0.3) is 0 Å². The van der Waals surface area contributed by atoms with Crippen LogP contribution in [-0.2, 0) is 14.9 Å². The van der Waals surface area contributed by atoms with Crippen molar-refractivity contribution in [3.63, 3.8) is 0 Å². The van der Waals surface area contributed by atoms with Crippen molar-refractivity contribution in [2.24, 2.45) is 0 Å². The summed E-state index contributed by atoms with van der Waals surface area (Å²) in [5, 5.41) is 5.99. The molecule has 6 heteroatoms. The predicted molar refractivity (Wildman–Crippen MR) is 88.2 cm³/mol. The number of ether oxygens (including phenoxy) is 3. The lowest BCUT2D eigenvalue weighted by Crippen LogP contribution is -2.41. The standard InChI is InChI=1S/C17H26N2O4/c1-17(2,12-19-16(20)11-18-6-7-21-3)13-4-5-14-15(10-13)23-9-8-22-14/h4-5,10,18H,6-9,11-12H2,1-3H3,(H,19,20). The summed E-state index contributed by atoms with van der Waals surface area (Å²) in [6, 6.07) is 5.95. The fraction of sp³-hybridized carbons (Fsp3) is 0.588. The first kappa shape index (κ1) is 17.6. The largest absolute Gasteiger partial charge is 0.486 e. The number of carbonyl (C=O) groups is 1. The second-order valence-corrected chi connectivity index (χ2v) is 6.19. The van der Waals surface area contributed by atoms with Gasteiger partial charge in [-0.2, -0.15) is 0 Å². The van der Waals surface area contributed by atoms with Gasteiger partial charge in [0.05, 0.1) is 13.2 Å². The lowest BCUT2D eigenvalue weighted by molar-refractivity contribution is -0.120. The number of fused-ring (bicyclic) bond motifs is 1. The van der Waals surface area contributed by atoms with Crippen molar-refractivity contribution < 1.29 is 19.0 Å². The molecule has 0 unspecified atom stereocenters. The Morgan fingerprint density at radius 1 is 1.26 bits per heavy atom. The van der Waals surface area contributed by atoms with Crippen molar-refractivity contribution in [2.75, 3.05) is 46.6 Å². The topological polar surface area (TPSA) is 68.8 Å². The van der Waals surface area contributed by atoms with Crippen molar-refractivity contribution in [3.8, 4) is 11.5 Å². The summed E-state index contributed by atoms with van der Waals surface area (Å²) >= 11 is 0. The molecule has 1 aliphatic rings. The molecular formula is C17H26N2O4. The van der Waals surface area contributed by atoms with Crippen LogP contribution in [0.25, 0.3) is 0 Å². The van der Waals surface area contributed by atoms with Crippen molar-refractivity contribution in [1.29, 1.82) is 0 Å². The van der Waals surface area contributed by atoms with Gasteiger partial charge in [-0.25, -0.2) is 0 Å². The molecule has 128 valence electrons. The van der Waals surface area contributed by atoms with E-state index in [1.165, 1.54) is 0 Å². The lowest BCUT2D eigenvalue weighted by Gasteiger charge is -2.28. The van der Waals surface area contributed by atoms with Gasteiger partial charge in [0, 0.05) is 25.6 Å². The number of methoxy groups -OCH3 is 1. The predicted octanol–water partition coefficient (Wildman–Crippen LogP) is 1.09. The number of amides is 1. The fourth-order valence-electron chi connectivity index (χ4n) is 2.32. The molecule has 0 saturated carbocycles. The number of rotatable bonds is 8. The van der Waals surface area contributed by atoms with Gasteiger partial charge in [-0.3, -0.25) is 4.79 Å². The van der Waals surface area contributed by atoms with E-state index < -0.39 is 0 Å². The monoisotopic (exact) mass is 322 g/mol. The molecule has 1 aromatic rings. The molecule has 0 aliphatic carbocycles. The maximum atomic E-state index is 11.9. The Morgan fingerprint density at radius 3 is 2.74 bits per heavy atom. The Labute approximate surface area is 137 Å². The Bertz CT molecular complexity index is 531. The van der Waals surface area contributed by atoms with Crippen molar-refractivity contribution in [3.05, 3.63) is 23.8 Å². The maximum absolute atomic E-state index is 11.9. The van der Waals surface area contributed by atoms with Crippen LogP contribution in [0, 0.1) is 0 Å². The molecule has 0 radical (unpaired) electrons. The average Bonchev–Trinajstić information content (AvgIpc) is 2.56. The Hall–Kier alpha value is -1.79. The summed E-state index contributed by atoms with van der Waals surface area (Å²) in [6.45, 7) is 7.44. The SMILES string of the molecule is COCCNCC(=O)NCC(C)(C)c1ccc2c(c1)OCCO2.